The number of para-hydroxylation sites is 1. The molecule has 2 atom stereocenters. The van der Waals surface area contributed by atoms with Gasteiger partial charge in [0.25, 0.3) is 0 Å². The van der Waals surface area contributed by atoms with Gasteiger partial charge in [-0.15, -0.1) is 11.3 Å². The van der Waals surface area contributed by atoms with Gasteiger partial charge in [-0.3, -0.25) is 0 Å². The van der Waals surface area contributed by atoms with E-state index in [-0.39, 0.29) is 64.1 Å². The molecular formula is C9H7NNa2O6S4. The number of thiol groups is 1. The third-order valence-corrected chi connectivity index (χ3v) is 7.12. The molecule has 0 N–H and O–H groups in total. The second-order valence-corrected chi connectivity index (χ2v) is 8.77. The van der Waals surface area contributed by atoms with Gasteiger partial charge in [0.1, 0.15) is 35.1 Å². The molecular weight excluding hydrogens is 392 g/mol. The normalized spacial score (nSPS) is 14.7. The molecule has 2 aromatic rings. The van der Waals surface area contributed by atoms with Crippen LogP contribution in [0.5, 0.6) is 0 Å². The molecule has 0 bridgehead atoms. The summed E-state index contributed by atoms with van der Waals surface area (Å²) in [6.07, 6.45) is 0. The number of nitrogens with zero attached hydrogens (tertiary/aromatic N) is 1. The van der Waals surface area contributed by atoms with Crippen LogP contribution in [-0.2, 0) is 20.2 Å². The Morgan fingerprint density at radius 1 is 1.05 bits per heavy atom. The molecule has 1 aromatic heterocycles. The van der Waals surface area contributed by atoms with Gasteiger partial charge in [0, 0.05) is 0 Å². The number of benzene rings is 1. The molecule has 13 heteroatoms. The van der Waals surface area contributed by atoms with E-state index in [1.54, 1.807) is 24.3 Å². The third-order valence-electron chi connectivity index (χ3n) is 2.42. The maximum Gasteiger partial charge on any atom is 1.00 e. The predicted octanol–water partition coefficient (Wildman–Crippen LogP) is -5.31. The van der Waals surface area contributed by atoms with Crippen molar-refractivity contribution in [3.63, 3.8) is 0 Å². The summed E-state index contributed by atoms with van der Waals surface area (Å²) in [7, 11) is -10.2. The Morgan fingerprint density at radius 2 is 1.59 bits per heavy atom. The second-order valence-electron chi connectivity index (χ2n) is 3.82. The van der Waals surface area contributed by atoms with E-state index in [2.05, 4.69) is 17.6 Å². The minimum Gasteiger partial charge on any atom is -0.747 e. The molecule has 0 amide bonds. The van der Waals surface area contributed by atoms with Crippen LogP contribution in [0.1, 0.15) is 10.3 Å². The first-order chi connectivity index (χ1) is 9.10. The summed E-state index contributed by atoms with van der Waals surface area (Å²) in [5, 5.41) is -2.40. The van der Waals surface area contributed by atoms with Crippen LogP contribution in [0.3, 0.4) is 0 Å². The minimum atomic E-state index is -5.11. The van der Waals surface area contributed by atoms with Crippen molar-refractivity contribution < 1.29 is 85.1 Å². The van der Waals surface area contributed by atoms with Crippen LogP contribution < -0.4 is 59.1 Å². The van der Waals surface area contributed by atoms with E-state index >= 15 is 0 Å². The molecule has 1 aromatic carbocycles. The Labute approximate surface area is 181 Å². The molecule has 2 unspecified atom stereocenters. The van der Waals surface area contributed by atoms with Crippen molar-refractivity contribution in [1.82, 2.24) is 4.98 Å². The average Bonchev–Trinajstić information content (AvgIpc) is 2.68. The number of hydrogen-bond acceptors (Lipinski definition) is 9. The molecule has 1 heterocycles. The standard InChI is InChI=1S/C9H9NO6S4.2Na/c11-19(12,13)7(9(17)20(14,15)16)8-10-5-3-1-2-4-6(5)18-8;;/h1-4,7,9,17H,(H,11,12,13)(H,14,15,16);;/q;2*+1/p-2. The van der Waals surface area contributed by atoms with Crippen LogP contribution in [0.2, 0.25) is 0 Å². The first kappa shape index (κ1) is 23.3. The first-order valence-corrected chi connectivity index (χ1v) is 9.31. The molecule has 0 saturated heterocycles. The summed E-state index contributed by atoms with van der Waals surface area (Å²) in [6, 6.07) is 6.52. The number of thiazole rings is 1. The zero-order valence-corrected chi connectivity index (χ0v) is 18.9. The second kappa shape index (κ2) is 8.59. The van der Waals surface area contributed by atoms with E-state index < -0.39 is 30.1 Å². The number of fused-ring (bicyclic) bond motifs is 1. The smallest absolute Gasteiger partial charge is 0.747 e. The van der Waals surface area contributed by atoms with Crippen molar-refractivity contribution >= 4 is 54.4 Å². The van der Waals surface area contributed by atoms with Crippen molar-refractivity contribution in [1.29, 1.82) is 0 Å². The third kappa shape index (κ3) is 5.39. The van der Waals surface area contributed by atoms with E-state index in [9.17, 15) is 25.9 Å². The maximum atomic E-state index is 11.3. The van der Waals surface area contributed by atoms with Crippen molar-refractivity contribution in [3.05, 3.63) is 29.3 Å². The summed E-state index contributed by atoms with van der Waals surface area (Å²) >= 11 is 4.31. The molecule has 0 fully saturated rings. The summed E-state index contributed by atoms with van der Waals surface area (Å²) < 4.78 is 65.0. The van der Waals surface area contributed by atoms with E-state index in [1.807, 2.05) is 0 Å². The van der Waals surface area contributed by atoms with Crippen molar-refractivity contribution in [2.24, 2.45) is 0 Å². The Morgan fingerprint density at radius 3 is 2.05 bits per heavy atom. The van der Waals surface area contributed by atoms with Crippen LogP contribution in [0.15, 0.2) is 24.3 Å². The van der Waals surface area contributed by atoms with Crippen LogP contribution >= 0.6 is 24.0 Å². The number of rotatable bonds is 4. The largest absolute Gasteiger partial charge is 1.00 e. The minimum absolute atomic E-state index is 0. The summed E-state index contributed by atoms with van der Waals surface area (Å²) in [5.41, 5.74) is 0.407. The van der Waals surface area contributed by atoms with E-state index in [0.717, 1.165) is 11.3 Å². The molecule has 0 aliphatic rings. The van der Waals surface area contributed by atoms with Crippen LogP contribution in [-0.4, -0.2) is 35.5 Å². The molecule has 0 aliphatic carbocycles. The van der Waals surface area contributed by atoms with E-state index in [1.165, 1.54) is 0 Å². The van der Waals surface area contributed by atoms with Crippen LogP contribution in [0, 0.1) is 0 Å². The van der Waals surface area contributed by atoms with Crippen molar-refractivity contribution in [3.8, 4) is 0 Å². The fourth-order valence-electron chi connectivity index (χ4n) is 1.55. The molecule has 0 radical (unpaired) electrons. The van der Waals surface area contributed by atoms with Gasteiger partial charge >= 0.3 is 59.1 Å². The molecule has 0 saturated carbocycles. The first-order valence-electron chi connectivity index (χ1n) is 5.03. The van der Waals surface area contributed by atoms with Gasteiger partial charge in [0.15, 0.2) is 0 Å². The van der Waals surface area contributed by atoms with Gasteiger partial charge in [-0.25, -0.2) is 21.8 Å². The molecule has 0 aliphatic heterocycles. The Bertz CT molecular complexity index is 817. The molecule has 110 valence electrons. The van der Waals surface area contributed by atoms with Gasteiger partial charge in [0.2, 0.25) is 0 Å². The zero-order valence-electron chi connectivity index (χ0n) is 11.5. The fraction of sp³-hybridized carbons (Fsp3) is 0.222. The Balaban J connectivity index is 0.00000220. The summed E-state index contributed by atoms with van der Waals surface area (Å²) in [4.78, 5) is 3.90. The number of hydrogen-bond donors (Lipinski definition) is 1. The van der Waals surface area contributed by atoms with Crippen LogP contribution in [0.4, 0.5) is 0 Å². The monoisotopic (exact) mass is 399 g/mol. The van der Waals surface area contributed by atoms with Gasteiger partial charge in [-0.05, 0) is 12.1 Å². The molecule has 2 rings (SSSR count). The SMILES string of the molecule is O=S(=O)([O-])C(S)C(c1nc2ccccc2s1)S(=O)(=O)[O-].[Na+].[Na+]. The van der Waals surface area contributed by atoms with Gasteiger partial charge in [0.05, 0.1) is 10.2 Å². The summed E-state index contributed by atoms with van der Waals surface area (Å²) in [5.74, 6) is 0. The fourth-order valence-corrected chi connectivity index (χ4v) is 5.64. The molecule has 22 heavy (non-hydrogen) atoms. The van der Waals surface area contributed by atoms with Crippen LogP contribution in [0.25, 0.3) is 10.2 Å². The molecule has 0 spiro atoms. The summed E-state index contributed by atoms with van der Waals surface area (Å²) in [6.45, 7) is 0. The van der Waals surface area contributed by atoms with Gasteiger partial charge < -0.3 is 9.11 Å². The molecule has 7 nitrogen and oxygen atoms in total. The predicted molar refractivity (Wildman–Crippen MR) is 74.5 cm³/mol. The Kier molecular flexibility index (Phi) is 9.09. The van der Waals surface area contributed by atoms with E-state index in [0.29, 0.717) is 10.2 Å². The topological polar surface area (TPSA) is 127 Å². The number of aromatic nitrogens is 1. The van der Waals surface area contributed by atoms with Crippen molar-refractivity contribution in [2.75, 3.05) is 0 Å². The van der Waals surface area contributed by atoms with Gasteiger partial charge in [-0.1, -0.05) is 12.1 Å². The van der Waals surface area contributed by atoms with Crippen molar-refractivity contribution in [2.45, 2.75) is 9.83 Å². The Hall–Kier alpha value is 1.28. The maximum absolute atomic E-state index is 11.3. The quantitative estimate of drug-likeness (QED) is 0.309. The van der Waals surface area contributed by atoms with Gasteiger partial charge in [-0.2, -0.15) is 12.6 Å². The van der Waals surface area contributed by atoms with E-state index in [4.69, 9.17) is 0 Å². The average molecular weight is 399 g/mol. The zero-order chi connectivity index (χ0) is 15.1.